The fourth-order valence-corrected chi connectivity index (χ4v) is 2.16. The van der Waals surface area contributed by atoms with Crippen LogP contribution < -0.4 is 14.8 Å². The molecule has 0 radical (unpaired) electrons. The summed E-state index contributed by atoms with van der Waals surface area (Å²) in [5.41, 5.74) is 0. The van der Waals surface area contributed by atoms with Crippen LogP contribution in [0.2, 0.25) is 0 Å². The average molecular weight is 321 g/mol. The van der Waals surface area contributed by atoms with E-state index in [2.05, 4.69) is 36.1 Å². The highest BCUT2D eigenvalue weighted by Crippen LogP contribution is 2.26. The van der Waals surface area contributed by atoms with Gasteiger partial charge in [-0.2, -0.15) is 0 Å². The Kier molecular flexibility index (Phi) is 8.95. The third-order valence-electron chi connectivity index (χ3n) is 3.44. The number of unbranched alkanes of at least 4 members (excludes halogenated alkanes) is 1. The minimum absolute atomic E-state index is 0.0282. The molecule has 5 nitrogen and oxygen atoms in total. The molecule has 1 aromatic rings. The topological polar surface area (TPSA) is 46.1 Å². The van der Waals surface area contributed by atoms with Crippen molar-refractivity contribution in [1.29, 1.82) is 0 Å². The molecule has 0 aliphatic heterocycles. The highest BCUT2D eigenvalue weighted by atomic mass is 16.5. The van der Waals surface area contributed by atoms with Gasteiger partial charge in [0.15, 0.2) is 17.5 Å². The van der Waals surface area contributed by atoms with E-state index in [1.807, 2.05) is 31.2 Å². The lowest BCUT2D eigenvalue weighted by atomic mass is 10.3. The van der Waals surface area contributed by atoms with E-state index < -0.39 is 0 Å². The number of nitrogens with one attached hydrogen (secondary N) is 1. The second-order valence-corrected chi connectivity index (χ2v) is 5.55. The molecule has 23 heavy (non-hydrogen) atoms. The van der Waals surface area contributed by atoms with Gasteiger partial charge in [-0.3, -0.25) is 0 Å². The highest BCUT2D eigenvalue weighted by molar-refractivity contribution is 5.79. The summed E-state index contributed by atoms with van der Waals surface area (Å²) in [6.07, 6.45) is 2.31. The van der Waals surface area contributed by atoms with Gasteiger partial charge in [-0.05, 0) is 32.4 Å². The molecule has 0 fully saturated rings. The first-order valence-electron chi connectivity index (χ1n) is 8.41. The molecule has 0 aliphatic rings. The molecule has 0 saturated carbocycles. The quantitative estimate of drug-likeness (QED) is 0.560. The van der Waals surface area contributed by atoms with Crippen LogP contribution in [-0.2, 0) is 0 Å². The van der Waals surface area contributed by atoms with Gasteiger partial charge in [0, 0.05) is 20.1 Å². The van der Waals surface area contributed by atoms with Gasteiger partial charge in [0.1, 0.15) is 6.10 Å². The zero-order valence-corrected chi connectivity index (χ0v) is 15.1. The summed E-state index contributed by atoms with van der Waals surface area (Å²) in [6, 6.07) is 7.68. The van der Waals surface area contributed by atoms with Crippen molar-refractivity contribution >= 4 is 5.96 Å². The molecular formula is C18H31N3O2. The van der Waals surface area contributed by atoms with E-state index >= 15 is 0 Å². The van der Waals surface area contributed by atoms with Crippen LogP contribution in [0.5, 0.6) is 11.5 Å². The molecule has 0 aromatic heterocycles. The molecular weight excluding hydrogens is 290 g/mol. The minimum Gasteiger partial charge on any atom is -0.493 e. The predicted octanol–water partition coefficient (Wildman–Crippen LogP) is 3.16. The number of methoxy groups -OCH3 is 1. The molecule has 1 N–H and O–H groups in total. The van der Waals surface area contributed by atoms with Crippen molar-refractivity contribution < 1.29 is 9.47 Å². The maximum absolute atomic E-state index is 5.95. The van der Waals surface area contributed by atoms with E-state index in [9.17, 15) is 0 Å². The fourth-order valence-electron chi connectivity index (χ4n) is 2.16. The largest absolute Gasteiger partial charge is 0.493 e. The number of benzene rings is 1. The first-order chi connectivity index (χ1) is 11.1. The highest BCUT2D eigenvalue weighted by Gasteiger charge is 2.10. The van der Waals surface area contributed by atoms with Gasteiger partial charge in [-0.1, -0.05) is 25.5 Å². The maximum Gasteiger partial charge on any atom is 0.193 e. The molecule has 130 valence electrons. The molecule has 0 saturated heterocycles. The minimum atomic E-state index is -0.0282. The molecule has 0 amide bonds. The SMILES string of the molecule is CCCCN(C)C(=NCC(C)Oc1ccccc1OC)NCC. The molecule has 0 bridgehead atoms. The van der Waals surface area contributed by atoms with Crippen LogP contribution in [0.3, 0.4) is 0 Å². The molecule has 1 unspecified atom stereocenters. The van der Waals surface area contributed by atoms with Gasteiger partial charge in [0.25, 0.3) is 0 Å². The van der Waals surface area contributed by atoms with Crippen molar-refractivity contribution in [3.63, 3.8) is 0 Å². The Morgan fingerprint density at radius 3 is 2.57 bits per heavy atom. The van der Waals surface area contributed by atoms with Gasteiger partial charge in [0.05, 0.1) is 13.7 Å². The molecule has 5 heteroatoms. The summed E-state index contributed by atoms with van der Waals surface area (Å²) in [6.45, 7) is 8.75. The Balaban J connectivity index is 2.63. The number of ether oxygens (including phenoxy) is 2. The van der Waals surface area contributed by atoms with Gasteiger partial charge in [-0.15, -0.1) is 0 Å². The van der Waals surface area contributed by atoms with Gasteiger partial charge < -0.3 is 19.7 Å². The molecule has 0 spiro atoms. The lowest BCUT2D eigenvalue weighted by Gasteiger charge is -2.22. The molecule has 0 aliphatic carbocycles. The number of para-hydroxylation sites is 2. The molecule has 1 aromatic carbocycles. The van der Waals surface area contributed by atoms with E-state index in [4.69, 9.17) is 9.47 Å². The third kappa shape index (κ3) is 6.80. The summed E-state index contributed by atoms with van der Waals surface area (Å²) < 4.78 is 11.3. The Labute approximate surface area is 140 Å². The van der Waals surface area contributed by atoms with Crippen molar-refractivity contribution in [2.24, 2.45) is 4.99 Å². The van der Waals surface area contributed by atoms with E-state index in [1.54, 1.807) is 7.11 Å². The van der Waals surface area contributed by atoms with Crippen molar-refractivity contribution in [2.45, 2.75) is 39.7 Å². The van der Waals surface area contributed by atoms with Crippen molar-refractivity contribution in [2.75, 3.05) is 33.8 Å². The van der Waals surface area contributed by atoms with E-state index in [-0.39, 0.29) is 6.10 Å². The zero-order chi connectivity index (χ0) is 17.1. The van der Waals surface area contributed by atoms with Crippen molar-refractivity contribution in [3.8, 4) is 11.5 Å². The number of nitrogens with zero attached hydrogens (tertiary/aromatic N) is 2. The number of hydrogen-bond acceptors (Lipinski definition) is 3. The van der Waals surface area contributed by atoms with Gasteiger partial charge >= 0.3 is 0 Å². The van der Waals surface area contributed by atoms with Crippen LogP contribution in [0.15, 0.2) is 29.3 Å². The van der Waals surface area contributed by atoms with Crippen LogP contribution in [0, 0.1) is 0 Å². The second-order valence-electron chi connectivity index (χ2n) is 5.55. The Bertz CT molecular complexity index is 477. The van der Waals surface area contributed by atoms with Crippen LogP contribution >= 0.6 is 0 Å². The Morgan fingerprint density at radius 1 is 1.26 bits per heavy atom. The predicted molar refractivity (Wildman–Crippen MR) is 96.6 cm³/mol. The number of rotatable bonds is 9. The summed E-state index contributed by atoms with van der Waals surface area (Å²) in [5, 5.41) is 3.33. The number of hydrogen-bond donors (Lipinski definition) is 1. The van der Waals surface area contributed by atoms with E-state index in [0.717, 1.165) is 37.0 Å². The van der Waals surface area contributed by atoms with Crippen LogP contribution in [0.25, 0.3) is 0 Å². The van der Waals surface area contributed by atoms with Crippen LogP contribution in [0.1, 0.15) is 33.6 Å². The number of aliphatic imine (C=N–C) groups is 1. The van der Waals surface area contributed by atoms with Crippen molar-refractivity contribution in [1.82, 2.24) is 10.2 Å². The summed E-state index contributed by atoms with van der Waals surface area (Å²) in [4.78, 5) is 6.85. The smallest absolute Gasteiger partial charge is 0.193 e. The normalized spacial score (nSPS) is 12.7. The van der Waals surface area contributed by atoms with Crippen LogP contribution in [0.4, 0.5) is 0 Å². The Morgan fingerprint density at radius 2 is 1.96 bits per heavy atom. The second kappa shape index (κ2) is 10.8. The van der Waals surface area contributed by atoms with Gasteiger partial charge in [-0.25, -0.2) is 4.99 Å². The van der Waals surface area contributed by atoms with E-state index in [0.29, 0.717) is 6.54 Å². The molecule has 1 atom stereocenters. The lowest BCUT2D eigenvalue weighted by Crippen LogP contribution is -2.40. The standard InChI is InChI=1S/C18H31N3O2/c1-6-8-13-21(4)18(19-7-2)20-14-15(3)23-17-12-10-9-11-16(17)22-5/h9-12,15H,6-8,13-14H2,1-5H3,(H,19,20). The first kappa shape index (κ1) is 19.1. The Hall–Kier alpha value is -1.91. The number of guanidine groups is 1. The first-order valence-corrected chi connectivity index (χ1v) is 8.41. The molecule has 1 rings (SSSR count). The summed E-state index contributed by atoms with van der Waals surface area (Å²) in [5.74, 6) is 2.42. The zero-order valence-electron chi connectivity index (χ0n) is 15.1. The summed E-state index contributed by atoms with van der Waals surface area (Å²) >= 11 is 0. The molecule has 0 heterocycles. The maximum atomic E-state index is 5.95. The lowest BCUT2D eigenvalue weighted by molar-refractivity contribution is 0.219. The monoisotopic (exact) mass is 321 g/mol. The fraction of sp³-hybridized carbons (Fsp3) is 0.611. The van der Waals surface area contributed by atoms with Gasteiger partial charge in [0.2, 0.25) is 0 Å². The summed E-state index contributed by atoms with van der Waals surface area (Å²) in [7, 11) is 3.72. The van der Waals surface area contributed by atoms with E-state index in [1.165, 1.54) is 6.42 Å². The average Bonchev–Trinajstić information content (AvgIpc) is 2.56. The van der Waals surface area contributed by atoms with Crippen LogP contribution in [-0.4, -0.2) is 50.8 Å². The third-order valence-corrected chi connectivity index (χ3v) is 3.44. The van der Waals surface area contributed by atoms with Crippen molar-refractivity contribution in [3.05, 3.63) is 24.3 Å².